The fraction of sp³-hybridized carbons (Fsp3) is 0.190. The maximum absolute atomic E-state index is 13.5. The zero-order valence-corrected chi connectivity index (χ0v) is 16.7. The Balaban J connectivity index is 1.62. The number of benzene rings is 2. The van der Waals surface area contributed by atoms with E-state index in [1.165, 1.54) is 33.8 Å². The predicted molar refractivity (Wildman–Crippen MR) is 110 cm³/mol. The molecule has 4 aromatic rings. The lowest BCUT2D eigenvalue weighted by Gasteiger charge is -2.13. The van der Waals surface area contributed by atoms with Gasteiger partial charge in [-0.1, -0.05) is 29.0 Å². The molecule has 0 aliphatic carbocycles. The van der Waals surface area contributed by atoms with Crippen LogP contribution >= 0.6 is 0 Å². The Morgan fingerprint density at radius 2 is 1.87 bits per heavy atom. The van der Waals surface area contributed by atoms with Gasteiger partial charge < -0.3 is 5.32 Å². The second kappa shape index (κ2) is 7.51. The number of fused-ring (bicyclic) bond motifs is 1. The van der Waals surface area contributed by atoms with Crippen molar-refractivity contribution in [2.75, 3.05) is 5.32 Å². The summed E-state index contributed by atoms with van der Waals surface area (Å²) in [6.45, 7) is 5.60. The quantitative estimate of drug-likeness (QED) is 0.562. The minimum atomic E-state index is -0.504. The number of halogens is 1. The lowest BCUT2D eigenvalue weighted by atomic mass is 10.1. The van der Waals surface area contributed by atoms with E-state index >= 15 is 0 Å². The Morgan fingerprint density at radius 3 is 2.57 bits per heavy atom. The smallest absolute Gasteiger partial charge is 0.284 e. The van der Waals surface area contributed by atoms with E-state index in [9.17, 15) is 14.0 Å². The number of anilines is 1. The Kier molecular flexibility index (Phi) is 4.86. The molecule has 152 valence electrons. The van der Waals surface area contributed by atoms with Crippen LogP contribution < -0.4 is 10.9 Å². The number of hydrogen-bond acceptors (Lipinski definition) is 5. The average Bonchev–Trinajstić information content (AvgIpc) is 3.12. The summed E-state index contributed by atoms with van der Waals surface area (Å²) in [4.78, 5) is 29.5. The van der Waals surface area contributed by atoms with E-state index in [0.29, 0.717) is 5.69 Å². The standard InChI is InChI=1S/C21H19FN6O2/c1-12-7-13(2)18(14(3)8-12)24-17(29)10-27-11-23-20-19(21(27)30)25-26-28(20)16-6-4-5-15(22)9-16/h4-9,11H,10H2,1-3H3,(H,24,29). The molecular formula is C21H19FN6O2. The molecule has 9 heteroatoms. The normalized spacial score (nSPS) is 11.1. The molecule has 1 N–H and O–H groups in total. The summed E-state index contributed by atoms with van der Waals surface area (Å²) in [5.41, 5.74) is 3.80. The Morgan fingerprint density at radius 1 is 1.13 bits per heavy atom. The van der Waals surface area contributed by atoms with E-state index in [1.54, 1.807) is 6.07 Å². The van der Waals surface area contributed by atoms with Gasteiger partial charge in [-0.15, -0.1) is 5.10 Å². The monoisotopic (exact) mass is 406 g/mol. The van der Waals surface area contributed by atoms with Crippen molar-refractivity contribution in [3.63, 3.8) is 0 Å². The zero-order valence-electron chi connectivity index (χ0n) is 16.7. The molecule has 0 bridgehead atoms. The summed E-state index contributed by atoms with van der Waals surface area (Å²) in [5.74, 6) is -0.798. The number of nitrogens with one attached hydrogen (secondary N) is 1. The van der Waals surface area contributed by atoms with Crippen LogP contribution in [-0.2, 0) is 11.3 Å². The molecule has 30 heavy (non-hydrogen) atoms. The van der Waals surface area contributed by atoms with E-state index in [0.717, 1.165) is 22.4 Å². The minimum Gasteiger partial charge on any atom is -0.324 e. The van der Waals surface area contributed by atoms with Gasteiger partial charge in [-0.05, 0) is 50.1 Å². The third-order valence-electron chi connectivity index (χ3n) is 4.74. The predicted octanol–water partition coefficient (Wildman–Crippen LogP) is 2.68. The molecule has 0 saturated carbocycles. The van der Waals surface area contributed by atoms with Crippen LogP contribution in [-0.4, -0.2) is 30.5 Å². The molecule has 0 spiro atoms. The second-order valence-corrected chi connectivity index (χ2v) is 7.15. The lowest BCUT2D eigenvalue weighted by molar-refractivity contribution is -0.116. The summed E-state index contributed by atoms with van der Waals surface area (Å²) in [6.07, 6.45) is 1.26. The summed E-state index contributed by atoms with van der Waals surface area (Å²) in [5, 5.41) is 10.6. The van der Waals surface area contributed by atoms with Gasteiger partial charge in [0.15, 0.2) is 11.2 Å². The summed E-state index contributed by atoms with van der Waals surface area (Å²) in [6, 6.07) is 9.68. The first-order chi connectivity index (χ1) is 14.3. The summed E-state index contributed by atoms with van der Waals surface area (Å²) < 4.78 is 16.0. The van der Waals surface area contributed by atoms with Crippen LogP contribution in [0.2, 0.25) is 0 Å². The van der Waals surface area contributed by atoms with Crippen LogP contribution in [0.25, 0.3) is 16.9 Å². The molecule has 2 aromatic heterocycles. The van der Waals surface area contributed by atoms with E-state index in [4.69, 9.17) is 0 Å². The molecule has 0 fully saturated rings. The topological polar surface area (TPSA) is 94.7 Å². The van der Waals surface area contributed by atoms with E-state index < -0.39 is 11.4 Å². The first-order valence-corrected chi connectivity index (χ1v) is 9.28. The van der Waals surface area contributed by atoms with Crippen LogP contribution in [0.3, 0.4) is 0 Å². The number of rotatable bonds is 4. The van der Waals surface area contributed by atoms with Gasteiger partial charge in [-0.25, -0.2) is 9.37 Å². The third kappa shape index (κ3) is 3.57. The highest BCUT2D eigenvalue weighted by atomic mass is 19.1. The van der Waals surface area contributed by atoms with Crippen molar-refractivity contribution in [2.24, 2.45) is 0 Å². The molecule has 0 aliphatic heterocycles. The maximum Gasteiger partial charge on any atom is 0.284 e. The molecule has 8 nitrogen and oxygen atoms in total. The van der Waals surface area contributed by atoms with Gasteiger partial charge in [-0.3, -0.25) is 14.2 Å². The van der Waals surface area contributed by atoms with Crippen molar-refractivity contribution in [1.29, 1.82) is 0 Å². The third-order valence-corrected chi connectivity index (χ3v) is 4.74. The Hall–Kier alpha value is -3.88. The summed E-state index contributed by atoms with van der Waals surface area (Å²) in [7, 11) is 0. The molecule has 0 atom stereocenters. The van der Waals surface area contributed by atoms with Crippen LogP contribution in [0.15, 0.2) is 47.5 Å². The van der Waals surface area contributed by atoms with Gasteiger partial charge >= 0.3 is 0 Å². The molecule has 0 saturated heterocycles. The van der Waals surface area contributed by atoms with Gasteiger partial charge in [0.25, 0.3) is 5.56 Å². The number of aryl methyl sites for hydroxylation is 3. The van der Waals surface area contributed by atoms with Crippen molar-refractivity contribution in [3.8, 4) is 5.69 Å². The van der Waals surface area contributed by atoms with Crippen molar-refractivity contribution in [1.82, 2.24) is 24.5 Å². The molecule has 0 unspecified atom stereocenters. The minimum absolute atomic E-state index is 0.00254. The fourth-order valence-corrected chi connectivity index (χ4v) is 3.45. The van der Waals surface area contributed by atoms with Gasteiger partial charge in [-0.2, -0.15) is 4.68 Å². The molecule has 1 amide bonds. The number of amides is 1. The van der Waals surface area contributed by atoms with E-state index in [2.05, 4.69) is 20.6 Å². The van der Waals surface area contributed by atoms with E-state index in [-0.39, 0.29) is 23.6 Å². The fourth-order valence-electron chi connectivity index (χ4n) is 3.45. The number of carbonyl (C=O) groups is 1. The first-order valence-electron chi connectivity index (χ1n) is 9.28. The Labute approximate surface area is 171 Å². The van der Waals surface area contributed by atoms with Crippen molar-refractivity contribution in [3.05, 3.63) is 75.6 Å². The SMILES string of the molecule is Cc1cc(C)c(NC(=O)Cn2cnc3c(nnn3-c3cccc(F)c3)c2=O)c(C)c1. The van der Waals surface area contributed by atoms with Crippen LogP contribution in [0.4, 0.5) is 10.1 Å². The zero-order chi connectivity index (χ0) is 21.4. The highest BCUT2D eigenvalue weighted by Gasteiger charge is 2.16. The average molecular weight is 406 g/mol. The molecule has 0 radical (unpaired) electrons. The molecular weight excluding hydrogens is 387 g/mol. The molecule has 2 heterocycles. The van der Waals surface area contributed by atoms with Crippen molar-refractivity contribution in [2.45, 2.75) is 27.3 Å². The van der Waals surface area contributed by atoms with Crippen LogP contribution in [0, 0.1) is 26.6 Å². The molecule has 4 rings (SSSR count). The number of carbonyl (C=O) groups excluding carboxylic acids is 1. The highest BCUT2D eigenvalue weighted by Crippen LogP contribution is 2.22. The lowest BCUT2D eigenvalue weighted by Crippen LogP contribution is -2.28. The van der Waals surface area contributed by atoms with Crippen LogP contribution in [0.5, 0.6) is 0 Å². The Bertz CT molecular complexity index is 1320. The van der Waals surface area contributed by atoms with Crippen molar-refractivity contribution < 1.29 is 9.18 Å². The van der Waals surface area contributed by atoms with Gasteiger partial charge in [0.2, 0.25) is 5.91 Å². The number of aromatic nitrogens is 5. The number of hydrogen-bond donors (Lipinski definition) is 1. The maximum atomic E-state index is 13.5. The van der Waals surface area contributed by atoms with Crippen molar-refractivity contribution >= 4 is 22.8 Å². The van der Waals surface area contributed by atoms with Gasteiger partial charge in [0.1, 0.15) is 18.7 Å². The van der Waals surface area contributed by atoms with Gasteiger partial charge in [0, 0.05) is 5.69 Å². The van der Waals surface area contributed by atoms with Gasteiger partial charge in [0.05, 0.1) is 5.69 Å². The largest absolute Gasteiger partial charge is 0.324 e. The highest BCUT2D eigenvalue weighted by molar-refractivity contribution is 5.92. The number of nitrogens with zero attached hydrogens (tertiary/aromatic N) is 5. The van der Waals surface area contributed by atoms with E-state index in [1.807, 2.05) is 32.9 Å². The summed E-state index contributed by atoms with van der Waals surface area (Å²) >= 11 is 0. The second-order valence-electron chi connectivity index (χ2n) is 7.15. The van der Waals surface area contributed by atoms with Crippen LogP contribution in [0.1, 0.15) is 16.7 Å². The molecule has 0 aliphatic rings. The first kappa shape index (κ1) is 19.4. The molecule has 2 aromatic carbocycles.